The monoisotopic (exact) mass is 484 g/mol. The number of aromatic amines is 1. The molecule has 5 aromatic rings. The lowest BCUT2D eigenvalue weighted by Gasteiger charge is -2.38. The summed E-state index contributed by atoms with van der Waals surface area (Å²) < 4.78 is 0. The number of nitrogens with one attached hydrogen (secondary N) is 1. The third-order valence-corrected chi connectivity index (χ3v) is 7.64. The highest BCUT2D eigenvalue weighted by molar-refractivity contribution is 5.79. The Labute approximate surface area is 219 Å². The molecule has 0 atom stereocenters. The van der Waals surface area contributed by atoms with E-state index in [0.717, 1.165) is 46.9 Å². The zero-order valence-electron chi connectivity index (χ0n) is 21.3. The van der Waals surface area contributed by atoms with Crippen LogP contribution in [0.15, 0.2) is 109 Å². The lowest BCUT2D eigenvalue weighted by atomic mass is 9.67. The van der Waals surface area contributed by atoms with E-state index < -0.39 is 0 Å². The topological polar surface area (TPSA) is 44.8 Å². The Bertz CT molecular complexity index is 1470. The number of anilines is 3. The Morgan fingerprint density at radius 1 is 0.703 bits per heavy atom. The van der Waals surface area contributed by atoms with Crippen molar-refractivity contribution in [2.24, 2.45) is 0 Å². The van der Waals surface area contributed by atoms with Gasteiger partial charge in [0.1, 0.15) is 0 Å². The van der Waals surface area contributed by atoms with Gasteiger partial charge in [-0.1, -0.05) is 67.8 Å². The number of H-pyrrole nitrogens is 1. The van der Waals surface area contributed by atoms with Crippen molar-refractivity contribution in [1.29, 1.82) is 0 Å². The summed E-state index contributed by atoms with van der Waals surface area (Å²) in [6.45, 7) is 2.03. The maximum Gasteiger partial charge on any atom is 0.0924 e. The highest BCUT2D eigenvalue weighted by atomic mass is 15.1. The predicted octanol–water partition coefficient (Wildman–Crippen LogP) is 8.50. The minimum atomic E-state index is -0.0493. The molecule has 1 aliphatic rings. The molecule has 37 heavy (non-hydrogen) atoms. The lowest BCUT2D eigenvalue weighted by Crippen LogP contribution is -2.31. The first-order valence-electron chi connectivity index (χ1n) is 13.2. The van der Waals surface area contributed by atoms with E-state index in [-0.39, 0.29) is 5.41 Å². The molecule has 1 fully saturated rings. The molecule has 1 aliphatic carbocycles. The summed E-state index contributed by atoms with van der Waals surface area (Å²) in [5.74, 6) is 0. The van der Waals surface area contributed by atoms with E-state index in [4.69, 9.17) is 4.98 Å². The number of rotatable bonds is 6. The van der Waals surface area contributed by atoms with Crippen molar-refractivity contribution in [3.05, 3.63) is 126 Å². The van der Waals surface area contributed by atoms with Gasteiger partial charge in [-0.25, -0.2) is 0 Å². The molecule has 2 aromatic heterocycles. The second-order valence-electron chi connectivity index (χ2n) is 10.1. The second-order valence-corrected chi connectivity index (χ2v) is 10.1. The fraction of sp³-hybridized carbons (Fsp3) is 0.212. The van der Waals surface area contributed by atoms with Crippen LogP contribution in [0.25, 0.3) is 11.3 Å². The number of hydrogen-bond acceptors (Lipinski definition) is 3. The molecule has 0 aliphatic heterocycles. The van der Waals surface area contributed by atoms with E-state index in [9.17, 15) is 0 Å². The van der Waals surface area contributed by atoms with Gasteiger partial charge in [0.25, 0.3) is 0 Å². The van der Waals surface area contributed by atoms with Crippen LogP contribution in [0.2, 0.25) is 0 Å². The first-order valence-corrected chi connectivity index (χ1v) is 13.2. The first kappa shape index (κ1) is 23.2. The molecule has 1 N–H and O–H groups in total. The summed E-state index contributed by atoms with van der Waals surface area (Å²) in [6.07, 6.45) is 7.96. The molecule has 2 heterocycles. The van der Waals surface area contributed by atoms with Crippen molar-refractivity contribution in [3.63, 3.8) is 0 Å². The van der Waals surface area contributed by atoms with Crippen LogP contribution in [-0.2, 0) is 5.41 Å². The quantitative estimate of drug-likeness (QED) is 0.263. The summed E-state index contributed by atoms with van der Waals surface area (Å²) in [6, 6.07) is 36.8. The van der Waals surface area contributed by atoms with Crippen molar-refractivity contribution in [3.8, 4) is 11.3 Å². The fourth-order valence-corrected chi connectivity index (χ4v) is 5.83. The van der Waals surface area contributed by atoms with Gasteiger partial charge >= 0.3 is 0 Å². The SMILES string of the molecule is Cc1cc(-c2cccc(N(c3ccccc3)c3cccc(C4(c5ccccn5)CCCCC4)c3)c2)n[nH]1. The first-order chi connectivity index (χ1) is 18.2. The Hall–Kier alpha value is -4.18. The molecule has 1 saturated carbocycles. The van der Waals surface area contributed by atoms with E-state index >= 15 is 0 Å². The molecule has 6 rings (SSSR count). The normalized spacial score (nSPS) is 14.8. The zero-order chi connectivity index (χ0) is 25.1. The third kappa shape index (κ3) is 4.55. The van der Waals surface area contributed by atoms with Gasteiger partial charge in [-0.3, -0.25) is 10.1 Å². The van der Waals surface area contributed by atoms with Crippen LogP contribution in [0.1, 0.15) is 49.1 Å². The van der Waals surface area contributed by atoms with E-state index in [1.54, 1.807) is 0 Å². The Morgan fingerprint density at radius 3 is 2.16 bits per heavy atom. The maximum atomic E-state index is 4.87. The van der Waals surface area contributed by atoms with E-state index in [1.807, 2.05) is 19.2 Å². The lowest BCUT2D eigenvalue weighted by molar-refractivity contribution is 0.338. The molecule has 0 spiro atoms. The number of aromatic nitrogens is 3. The molecule has 0 radical (unpaired) electrons. The molecule has 0 saturated heterocycles. The van der Waals surface area contributed by atoms with Gasteiger partial charge in [0, 0.05) is 39.9 Å². The van der Waals surface area contributed by atoms with Gasteiger partial charge in [-0.2, -0.15) is 5.10 Å². The number of nitrogens with zero attached hydrogens (tertiary/aromatic N) is 3. The molecule has 0 bridgehead atoms. The van der Waals surface area contributed by atoms with E-state index in [2.05, 4.69) is 112 Å². The van der Waals surface area contributed by atoms with Gasteiger partial charge in [0.05, 0.1) is 11.4 Å². The largest absolute Gasteiger partial charge is 0.310 e. The molecular weight excluding hydrogens is 452 g/mol. The molecule has 184 valence electrons. The second kappa shape index (κ2) is 10.1. The third-order valence-electron chi connectivity index (χ3n) is 7.64. The van der Waals surface area contributed by atoms with Crippen molar-refractivity contribution in [2.45, 2.75) is 44.4 Å². The van der Waals surface area contributed by atoms with Crippen LogP contribution in [0.4, 0.5) is 17.1 Å². The number of benzene rings is 3. The van der Waals surface area contributed by atoms with Crippen LogP contribution < -0.4 is 4.90 Å². The van der Waals surface area contributed by atoms with Crippen LogP contribution in [0, 0.1) is 6.92 Å². The van der Waals surface area contributed by atoms with Crippen LogP contribution >= 0.6 is 0 Å². The molecule has 4 heteroatoms. The Morgan fingerprint density at radius 2 is 1.43 bits per heavy atom. The summed E-state index contributed by atoms with van der Waals surface area (Å²) in [5, 5.41) is 7.57. The van der Waals surface area contributed by atoms with Gasteiger partial charge < -0.3 is 4.90 Å². The predicted molar refractivity (Wildman–Crippen MR) is 152 cm³/mol. The maximum absolute atomic E-state index is 4.87. The molecular formula is C33H32N4. The summed E-state index contributed by atoms with van der Waals surface area (Å²) in [4.78, 5) is 7.21. The number of pyridine rings is 1. The smallest absolute Gasteiger partial charge is 0.0924 e. The van der Waals surface area contributed by atoms with Crippen LogP contribution in [0.3, 0.4) is 0 Å². The molecule has 0 unspecified atom stereocenters. The minimum absolute atomic E-state index is 0.0493. The van der Waals surface area contributed by atoms with E-state index in [0.29, 0.717) is 0 Å². The average molecular weight is 485 g/mol. The van der Waals surface area contributed by atoms with Gasteiger partial charge in [-0.05, 0) is 79.9 Å². The van der Waals surface area contributed by atoms with Crippen LogP contribution in [0.5, 0.6) is 0 Å². The number of aryl methyl sites for hydroxylation is 1. The Kier molecular flexibility index (Phi) is 6.32. The highest BCUT2D eigenvalue weighted by Gasteiger charge is 2.37. The Balaban J connectivity index is 1.48. The molecule has 3 aromatic carbocycles. The summed E-state index contributed by atoms with van der Waals surface area (Å²) in [7, 11) is 0. The molecule has 0 amide bonds. The summed E-state index contributed by atoms with van der Waals surface area (Å²) in [5.41, 5.74) is 8.99. The highest BCUT2D eigenvalue weighted by Crippen LogP contribution is 2.46. The van der Waals surface area contributed by atoms with Crippen molar-refractivity contribution < 1.29 is 0 Å². The molecule has 4 nitrogen and oxygen atoms in total. The van der Waals surface area contributed by atoms with Crippen molar-refractivity contribution >= 4 is 17.1 Å². The van der Waals surface area contributed by atoms with Gasteiger partial charge in [0.15, 0.2) is 0 Å². The van der Waals surface area contributed by atoms with Gasteiger partial charge in [0.2, 0.25) is 0 Å². The van der Waals surface area contributed by atoms with Crippen molar-refractivity contribution in [1.82, 2.24) is 15.2 Å². The fourth-order valence-electron chi connectivity index (χ4n) is 5.83. The van der Waals surface area contributed by atoms with Crippen LogP contribution in [-0.4, -0.2) is 15.2 Å². The minimum Gasteiger partial charge on any atom is -0.310 e. The average Bonchev–Trinajstić information content (AvgIpc) is 3.41. The summed E-state index contributed by atoms with van der Waals surface area (Å²) >= 11 is 0. The standard InChI is InChI=1S/C33H32N4/c1-25-22-31(36-35-25)26-12-10-16-29(23-26)37(28-14-4-2-5-15-28)30-17-11-13-27(24-30)33(19-7-3-8-20-33)32-18-6-9-21-34-32/h2,4-6,9-18,21-24H,3,7-8,19-20H2,1H3,(H,35,36). The van der Waals surface area contributed by atoms with Gasteiger partial charge in [-0.15, -0.1) is 0 Å². The van der Waals surface area contributed by atoms with Crippen molar-refractivity contribution in [2.75, 3.05) is 4.90 Å². The number of hydrogen-bond donors (Lipinski definition) is 1. The van der Waals surface area contributed by atoms with E-state index in [1.165, 1.54) is 30.5 Å². The zero-order valence-corrected chi connectivity index (χ0v) is 21.3. The number of para-hydroxylation sites is 1.